The van der Waals surface area contributed by atoms with E-state index in [-0.39, 0.29) is 5.97 Å². The fourth-order valence-corrected chi connectivity index (χ4v) is 1.29. The lowest BCUT2D eigenvalue weighted by Crippen LogP contribution is -2.19. The summed E-state index contributed by atoms with van der Waals surface area (Å²) in [4.78, 5) is 10.6. The van der Waals surface area contributed by atoms with Crippen molar-refractivity contribution in [1.29, 1.82) is 0 Å². The fraction of sp³-hybridized carbons (Fsp3) is 0.900. The van der Waals surface area contributed by atoms with Crippen LogP contribution in [0.15, 0.2) is 0 Å². The minimum atomic E-state index is -0.634. The Hall–Kier alpha value is -0.240. The lowest BCUT2D eigenvalue weighted by Gasteiger charge is -2.06. The van der Waals surface area contributed by atoms with Crippen LogP contribution in [0.25, 0.3) is 0 Å². The summed E-state index contributed by atoms with van der Waals surface area (Å²) in [6.45, 7) is 2.69. The van der Waals surface area contributed by atoms with Crippen molar-refractivity contribution in [3.8, 4) is 0 Å². The van der Waals surface area contributed by atoms with Crippen LogP contribution in [0.1, 0.15) is 45.4 Å². The summed E-state index contributed by atoms with van der Waals surface area (Å²) >= 11 is 5.86. The molecule has 0 amide bonds. The van der Waals surface area contributed by atoms with Gasteiger partial charge in [-0.25, -0.2) is 0 Å². The molecule has 76 valence electrons. The number of ether oxygens (including phenoxy) is 1. The van der Waals surface area contributed by atoms with Gasteiger partial charge in [0.2, 0.25) is 0 Å². The van der Waals surface area contributed by atoms with E-state index in [1.165, 1.54) is 12.8 Å². The highest BCUT2D eigenvalue weighted by atomic mass is 35.5. The van der Waals surface area contributed by atoms with Crippen LogP contribution in [0.3, 0.4) is 0 Å². The molecule has 0 atom stereocenters. The van der Waals surface area contributed by atoms with Crippen molar-refractivity contribution in [3.05, 3.63) is 0 Å². The Kier molecular flexibility index (Phi) is 4.04. The number of alkyl halides is 1. The van der Waals surface area contributed by atoms with Crippen LogP contribution in [-0.4, -0.2) is 17.5 Å². The van der Waals surface area contributed by atoms with E-state index in [2.05, 4.69) is 6.92 Å². The monoisotopic (exact) mass is 204 g/mol. The molecular weight excluding hydrogens is 188 g/mol. The Labute approximate surface area is 84.6 Å². The molecule has 13 heavy (non-hydrogen) atoms. The van der Waals surface area contributed by atoms with Crippen LogP contribution in [0.5, 0.6) is 0 Å². The van der Waals surface area contributed by atoms with E-state index in [9.17, 15) is 4.79 Å². The average Bonchev–Trinajstić information content (AvgIpc) is 2.84. The van der Waals surface area contributed by atoms with E-state index >= 15 is 0 Å². The third-order valence-corrected chi connectivity index (χ3v) is 2.82. The molecule has 0 aromatic rings. The van der Waals surface area contributed by atoms with Gasteiger partial charge in [0, 0.05) is 0 Å². The van der Waals surface area contributed by atoms with Crippen molar-refractivity contribution in [3.63, 3.8) is 0 Å². The van der Waals surface area contributed by atoms with E-state index in [0.717, 1.165) is 25.7 Å². The largest absolute Gasteiger partial charge is 0.464 e. The average molecular weight is 205 g/mol. The molecule has 0 aliphatic heterocycles. The molecule has 0 N–H and O–H groups in total. The van der Waals surface area contributed by atoms with E-state index < -0.39 is 4.87 Å². The summed E-state index contributed by atoms with van der Waals surface area (Å²) < 4.78 is 5.04. The Balaban J connectivity index is 1.96. The molecule has 0 radical (unpaired) electrons. The van der Waals surface area contributed by atoms with Crippen LogP contribution in [0.2, 0.25) is 0 Å². The summed E-state index contributed by atoms with van der Waals surface area (Å²) in [5.74, 6) is -0.217. The molecule has 1 rings (SSSR count). The summed E-state index contributed by atoms with van der Waals surface area (Å²) in [6.07, 6.45) is 6.08. The zero-order chi connectivity index (χ0) is 9.73. The highest BCUT2D eigenvalue weighted by molar-refractivity contribution is 6.36. The number of hydrogen-bond donors (Lipinski definition) is 0. The van der Waals surface area contributed by atoms with Crippen LogP contribution >= 0.6 is 11.6 Å². The Bertz CT molecular complexity index is 176. The van der Waals surface area contributed by atoms with Gasteiger partial charge in [-0.2, -0.15) is 0 Å². The van der Waals surface area contributed by atoms with E-state index in [1.807, 2.05) is 0 Å². The van der Waals surface area contributed by atoms with Crippen molar-refractivity contribution in [2.45, 2.75) is 50.3 Å². The smallest absolute Gasteiger partial charge is 0.327 e. The van der Waals surface area contributed by atoms with E-state index in [1.54, 1.807) is 0 Å². The summed E-state index contributed by atoms with van der Waals surface area (Å²) in [6, 6.07) is 0. The molecule has 3 heteroatoms. The number of halogens is 1. The molecular formula is C10H17ClO2. The maximum absolute atomic E-state index is 11.2. The highest BCUT2D eigenvalue weighted by Gasteiger charge is 2.49. The van der Waals surface area contributed by atoms with Crippen LogP contribution in [0.4, 0.5) is 0 Å². The third-order valence-electron chi connectivity index (χ3n) is 2.29. The molecule has 0 aromatic heterocycles. The molecule has 0 heterocycles. The first-order valence-electron chi connectivity index (χ1n) is 5.05. The molecule has 0 aromatic carbocycles. The number of hydrogen-bond acceptors (Lipinski definition) is 2. The molecule has 1 aliphatic carbocycles. The zero-order valence-electron chi connectivity index (χ0n) is 8.14. The van der Waals surface area contributed by atoms with Gasteiger partial charge < -0.3 is 4.74 Å². The maximum Gasteiger partial charge on any atom is 0.327 e. The molecule has 0 bridgehead atoms. The fourth-order valence-electron chi connectivity index (χ4n) is 1.14. The van der Waals surface area contributed by atoms with Gasteiger partial charge >= 0.3 is 5.97 Å². The van der Waals surface area contributed by atoms with Crippen molar-refractivity contribution >= 4 is 17.6 Å². The van der Waals surface area contributed by atoms with Gasteiger partial charge in [-0.3, -0.25) is 4.79 Å². The summed E-state index contributed by atoms with van der Waals surface area (Å²) in [5.41, 5.74) is 0. The van der Waals surface area contributed by atoms with Gasteiger partial charge in [-0.1, -0.05) is 26.2 Å². The minimum absolute atomic E-state index is 0.217. The molecule has 0 unspecified atom stereocenters. The summed E-state index contributed by atoms with van der Waals surface area (Å²) in [7, 11) is 0. The minimum Gasteiger partial charge on any atom is -0.464 e. The zero-order valence-corrected chi connectivity index (χ0v) is 8.90. The predicted octanol–water partition coefficient (Wildman–Crippen LogP) is 2.88. The second kappa shape index (κ2) is 4.85. The molecule has 1 fully saturated rings. The van der Waals surface area contributed by atoms with E-state index in [0.29, 0.717) is 6.61 Å². The van der Waals surface area contributed by atoms with Gasteiger partial charge in [-0.05, 0) is 19.3 Å². The Morgan fingerprint density at radius 2 is 2.08 bits per heavy atom. The maximum atomic E-state index is 11.2. The molecule has 0 spiro atoms. The lowest BCUT2D eigenvalue weighted by atomic mass is 10.2. The Morgan fingerprint density at radius 1 is 1.38 bits per heavy atom. The number of carbonyl (C=O) groups excluding carboxylic acids is 1. The van der Waals surface area contributed by atoms with Crippen LogP contribution in [-0.2, 0) is 9.53 Å². The predicted molar refractivity (Wildman–Crippen MR) is 52.9 cm³/mol. The Morgan fingerprint density at radius 3 is 2.62 bits per heavy atom. The third kappa shape index (κ3) is 3.55. The number of rotatable bonds is 6. The van der Waals surface area contributed by atoms with Gasteiger partial charge in [0.15, 0.2) is 0 Å². The van der Waals surface area contributed by atoms with Crippen molar-refractivity contribution < 1.29 is 9.53 Å². The van der Waals surface area contributed by atoms with E-state index in [4.69, 9.17) is 16.3 Å². The molecule has 1 saturated carbocycles. The SMILES string of the molecule is CCCCCCOC(=O)C1(Cl)CC1. The van der Waals surface area contributed by atoms with Crippen LogP contribution in [0, 0.1) is 0 Å². The second-order valence-electron chi connectivity index (χ2n) is 3.66. The molecule has 1 aliphatic rings. The van der Waals surface area contributed by atoms with Gasteiger partial charge in [0.25, 0.3) is 0 Å². The highest BCUT2D eigenvalue weighted by Crippen LogP contribution is 2.43. The van der Waals surface area contributed by atoms with Crippen LogP contribution < -0.4 is 0 Å². The topological polar surface area (TPSA) is 26.3 Å². The number of unbranched alkanes of at least 4 members (excludes halogenated alkanes) is 3. The molecule has 0 saturated heterocycles. The normalized spacial score (nSPS) is 18.3. The lowest BCUT2D eigenvalue weighted by molar-refractivity contribution is -0.144. The summed E-state index contributed by atoms with van der Waals surface area (Å²) in [5, 5.41) is 0. The molecule has 2 nitrogen and oxygen atoms in total. The van der Waals surface area contributed by atoms with Gasteiger partial charge in [0.05, 0.1) is 6.61 Å². The first-order valence-corrected chi connectivity index (χ1v) is 5.43. The second-order valence-corrected chi connectivity index (χ2v) is 4.39. The first kappa shape index (κ1) is 10.8. The van der Waals surface area contributed by atoms with Crippen molar-refractivity contribution in [2.24, 2.45) is 0 Å². The quantitative estimate of drug-likeness (QED) is 0.378. The first-order chi connectivity index (χ1) is 6.19. The van der Waals surface area contributed by atoms with Gasteiger partial charge in [0.1, 0.15) is 4.87 Å². The van der Waals surface area contributed by atoms with Gasteiger partial charge in [-0.15, -0.1) is 11.6 Å². The standard InChI is InChI=1S/C10H17ClO2/c1-2-3-4-5-8-13-9(12)10(11)6-7-10/h2-8H2,1H3. The van der Waals surface area contributed by atoms with Crippen molar-refractivity contribution in [1.82, 2.24) is 0 Å². The number of esters is 1. The van der Waals surface area contributed by atoms with Crippen molar-refractivity contribution in [2.75, 3.05) is 6.61 Å². The number of carbonyl (C=O) groups is 1.